The summed E-state index contributed by atoms with van der Waals surface area (Å²) in [4.78, 5) is 2.29. The molecular weight excluding hydrogens is 522 g/mol. The van der Waals surface area contributed by atoms with Crippen molar-refractivity contribution in [3.8, 4) is 22.3 Å². The first-order chi connectivity index (χ1) is 20.9. The van der Waals surface area contributed by atoms with E-state index in [4.69, 9.17) is 4.74 Å². The van der Waals surface area contributed by atoms with Crippen molar-refractivity contribution in [1.29, 1.82) is 0 Å². The van der Waals surface area contributed by atoms with Gasteiger partial charge in [0.15, 0.2) is 0 Å². The molecule has 0 aliphatic heterocycles. The van der Waals surface area contributed by atoms with Crippen LogP contribution in [0.1, 0.15) is 23.6 Å². The summed E-state index contributed by atoms with van der Waals surface area (Å²) < 4.78 is 5.49. The summed E-state index contributed by atoms with van der Waals surface area (Å²) in [5, 5.41) is 0. The minimum absolute atomic E-state index is 0.536. The van der Waals surface area contributed by atoms with Gasteiger partial charge >= 0.3 is 0 Å². The van der Waals surface area contributed by atoms with Gasteiger partial charge in [-0.1, -0.05) is 109 Å². The van der Waals surface area contributed by atoms with Crippen molar-refractivity contribution in [2.75, 3.05) is 18.6 Å². The zero-order valence-corrected chi connectivity index (χ0v) is 25.5. The van der Waals surface area contributed by atoms with E-state index in [2.05, 4.69) is 153 Å². The Hall–Kier alpha value is -4.92. The zero-order chi connectivity index (χ0) is 30.2. The molecule has 0 bridgehead atoms. The number of rotatable bonds is 10. The van der Waals surface area contributed by atoms with Crippen LogP contribution >= 0.6 is 0 Å². The van der Waals surface area contributed by atoms with E-state index in [9.17, 15) is 0 Å². The molecule has 0 aromatic heterocycles. The monoisotopic (exact) mass is 561 g/mol. The molecule has 5 aromatic rings. The maximum absolute atomic E-state index is 5.49. The highest BCUT2D eigenvalue weighted by molar-refractivity contribution is 5.81. The van der Waals surface area contributed by atoms with E-state index >= 15 is 0 Å². The molecule has 0 amide bonds. The van der Waals surface area contributed by atoms with Crippen LogP contribution in [0, 0.1) is 13.8 Å². The van der Waals surface area contributed by atoms with Crippen molar-refractivity contribution in [3.05, 3.63) is 168 Å². The van der Waals surface area contributed by atoms with Gasteiger partial charge < -0.3 is 9.64 Å². The Morgan fingerprint density at radius 1 is 0.674 bits per heavy atom. The Bertz CT molecular complexity index is 1740. The lowest BCUT2D eigenvalue weighted by Gasteiger charge is -2.26. The predicted octanol–water partition coefficient (Wildman–Crippen LogP) is 11.3. The van der Waals surface area contributed by atoms with Gasteiger partial charge in [-0.25, -0.2) is 0 Å². The minimum Gasteiger partial charge on any atom is -0.380 e. The van der Waals surface area contributed by atoms with Gasteiger partial charge in [-0.05, 0) is 108 Å². The number of allylic oxidation sites excluding steroid dienone is 4. The third-order valence-corrected chi connectivity index (χ3v) is 7.62. The van der Waals surface area contributed by atoms with Crippen LogP contribution in [0.4, 0.5) is 17.1 Å². The summed E-state index contributed by atoms with van der Waals surface area (Å²) in [5.74, 6) is 0. The van der Waals surface area contributed by atoms with Crippen LogP contribution in [0.15, 0.2) is 152 Å². The summed E-state index contributed by atoms with van der Waals surface area (Å²) in [6.45, 7) is 10.8. The molecule has 0 heterocycles. The molecular formula is C41H39NO. The van der Waals surface area contributed by atoms with Gasteiger partial charge in [0.2, 0.25) is 0 Å². The van der Waals surface area contributed by atoms with Gasteiger partial charge in [0.05, 0.1) is 6.61 Å². The van der Waals surface area contributed by atoms with E-state index < -0.39 is 0 Å². The molecule has 0 atom stereocenters. The third-order valence-electron chi connectivity index (χ3n) is 7.62. The zero-order valence-electron chi connectivity index (χ0n) is 25.5. The first kappa shape index (κ1) is 29.6. The molecule has 2 heteroatoms. The number of hydrogen-bond acceptors (Lipinski definition) is 2. The molecule has 0 fully saturated rings. The summed E-state index contributed by atoms with van der Waals surface area (Å²) in [6.07, 6.45) is 6.13. The number of para-hydroxylation sites is 1. The van der Waals surface area contributed by atoms with Crippen molar-refractivity contribution in [2.45, 2.75) is 20.8 Å². The van der Waals surface area contributed by atoms with Crippen molar-refractivity contribution >= 4 is 22.6 Å². The number of methoxy groups -OCH3 is 1. The van der Waals surface area contributed by atoms with Gasteiger partial charge in [0.1, 0.15) is 0 Å². The standard InChI is InChI=1S/C41H39NO/c1-30(2)12-11-14-36(29-43-5)34-22-26-39(27-23-34)42(37-15-7-6-8-16-37)38-24-20-33(21-25-38)35-19-18-32(4)41(28-35)40-17-10-9-13-31(40)3/h6-28H,1,29H2,2-5H3/b12-11-,36-14+. The number of hydrogen-bond donors (Lipinski definition) is 0. The van der Waals surface area contributed by atoms with E-state index in [0.717, 1.165) is 33.8 Å². The minimum atomic E-state index is 0.536. The fourth-order valence-corrected chi connectivity index (χ4v) is 5.33. The Morgan fingerprint density at radius 2 is 1.26 bits per heavy atom. The summed E-state index contributed by atoms with van der Waals surface area (Å²) >= 11 is 0. The fourth-order valence-electron chi connectivity index (χ4n) is 5.33. The molecule has 0 saturated heterocycles. The van der Waals surface area contributed by atoms with Crippen molar-refractivity contribution in [3.63, 3.8) is 0 Å². The highest BCUT2D eigenvalue weighted by Crippen LogP contribution is 2.37. The first-order valence-electron chi connectivity index (χ1n) is 14.7. The van der Waals surface area contributed by atoms with Gasteiger partial charge in [0.25, 0.3) is 0 Å². The second-order valence-electron chi connectivity index (χ2n) is 10.9. The normalized spacial score (nSPS) is 11.6. The highest BCUT2D eigenvalue weighted by atomic mass is 16.5. The van der Waals surface area contributed by atoms with Crippen LogP contribution in [-0.4, -0.2) is 13.7 Å². The van der Waals surface area contributed by atoms with Crippen molar-refractivity contribution < 1.29 is 4.74 Å². The number of ether oxygens (including phenoxy) is 1. The lowest BCUT2D eigenvalue weighted by atomic mass is 9.93. The summed E-state index contributed by atoms with van der Waals surface area (Å²) in [6, 6.07) is 43.4. The van der Waals surface area contributed by atoms with Gasteiger partial charge in [-0.2, -0.15) is 0 Å². The van der Waals surface area contributed by atoms with E-state index in [1.165, 1.54) is 33.4 Å². The molecule has 43 heavy (non-hydrogen) atoms. The largest absolute Gasteiger partial charge is 0.380 e. The maximum Gasteiger partial charge on any atom is 0.0718 e. The Kier molecular flexibility index (Phi) is 9.51. The molecule has 0 N–H and O–H groups in total. The van der Waals surface area contributed by atoms with E-state index in [-0.39, 0.29) is 0 Å². The smallest absolute Gasteiger partial charge is 0.0718 e. The van der Waals surface area contributed by atoms with Gasteiger partial charge in [0, 0.05) is 24.2 Å². The molecule has 5 rings (SSSR count). The highest BCUT2D eigenvalue weighted by Gasteiger charge is 2.14. The van der Waals surface area contributed by atoms with E-state index in [0.29, 0.717) is 6.61 Å². The van der Waals surface area contributed by atoms with Crippen LogP contribution in [0.3, 0.4) is 0 Å². The average molecular weight is 562 g/mol. The topological polar surface area (TPSA) is 12.5 Å². The Labute approximate surface area is 256 Å². The molecule has 0 aliphatic rings. The van der Waals surface area contributed by atoms with Gasteiger partial charge in [-0.3, -0.25) is 0 Å². The van der Waals surface area contributed by atoms with E-state index in [1.54, 1.807) is 7.11 Å². The Balaban J connectivity index is 1.48. The van der Waals surface area contributed by atoms with Crippen LogP contribution in [-0.2, 0) is 4.74 Å². The maximum atomic E-state index is 5.49. The molecule has 2 nitrogen and oxygen atoms in total. The fraction of sp³-hybridized carbons (Fsp3) is 0.122. The molecule has 0 spiro atoms. The molecule has 0 unspecified atom stereocenters. The predicted molar refractivity (Wildman–Crippen MR) is 185 cm³/mol. The second kappa shape index (κ2) is 13.8. The first-order valence-corrected chi connectivity index (χ1v) is 14.7. The lowest BCUT2D eigenvalue weighted by Crippen LogP contribution is -2.09. The SMILES string of the molecule is C=C(C)/C=C\C=C(/COC)c1ccc(N(c2ccccc2)c2ccc(-c3ccc(C)c(-c4ccccc4C)c3)cc2)cc1. The number of nitrogens with zero attached hydrogens (tertiary/aromatic N) is 1. The molecule has 0 saturated carbocycles. The van der Waals surface area contributed by atoms with Crippen LogP contribution in [0.2, 0.25) is 0 Å². The van der Waals surface area contributed by atoms with Crippen molar-refractivity contribution in [2.24, 2.45) is 0 Å². The number of anilines is 3. The molecule has 0 radical (unpaired) electrons. The average Bonchev–Trinajstić information content (AvgIpc) is 3.03. The van der Waals surface area contributed by atoms with Crippen LogP contribution in [0.25, 0.3) is 27.8 Å². The molecule has 0 aliphatic carbocycles. The Morgan fingerprint density at radius 3 is 1.91 bits per heavy atom. The third kappa shape index (κ3) is 7.12. The molecule has 5 aromatic carbocycles. The summed E-state index contributed by atoms with van der Waals surface area (Å²) in [5.41, 5.74) is 14.1. The van der Waals surface area contributed by atoms with E-state index in [1.807, 2.05) is 19.1 Å². The van der Waals surface area contributed by atoms with Gasteiger partial charge in [-0.15, -0.1) is 0 Å². The second-order valence-corrected chi connectivity index (χ2v) is 10.9. The quantitative estimate of drug-likeness (QED) is 0.157. The summed E-state index contributed by atoms with van der Waals surface area (Å²) in [7, 11) is 1.73. The van der Waals surface area contributed by atoms with Crippen molar-refractivity contribution in [1.82, 2.24) is 0 Å². The number of benzene rings is 5. The van der Waals surface area contributed by atoms with Crippen LogP contribution in [0.5, 0.6) is 0 Å². The molecule has 214 valence electrons. The number of aryl methyl sites for hydroxylation is 2. The van der Waals surface area contributed by atoms with Crippen LogP contribution < -0.4 is 4.90 Å². The lowest BCUT2D eigenvalue weighted by molar-refractivity contribution is 0.239.